The van der Waals surface area contributed by atoms with Gasteiger partial charge in [-0.05, 0) is 47.0 Å². The lowest BCUT2D eigenvalue weighted by Gasteiger charge is -2.20. The Morgan fingerprint density at radius 3 is 2.59 bits per heavy atom. The van der Waals surface area contributed by atoms with E-state index in [0.717, 1.165) is 23.2 Å². The molecule has 17 heavy (non-hydrogen) atoms. The van der Waals surface area contributed by atoms with Crippen LogP contribution < -0.4 is 4.90 Å². The maximum atomic E-state index is 12.0. The molecule has 1 aliphatic heterocycles. The van der Waals surface area contributed by atoms with Crippen molar-refractivity contribution in [3.8, 4) is 0 Å². The van der Waals surface area contributed by atoms with E-state index in [4.69, 9.17) is 4.78 Å². The van der Waals surface area contributed by atoms with Gasteiger partial charge in [-0.2, -0.15) is 0 Å². The maximum absolute atomic E-state index is 12.0. The van der Waals surface area contributed by atoms with Crippen molar-refractivity contribution in [3.63, 3.8) is 0 Å². The third-order valence-electron chi connectivity index (χ3n) is 3.15. The van der Waals surface area contributed by atoms with Crippen LogP contribution in [0.2, 0.25) is 0 Å². The molecule has 0 amide bonds. The minimum Gasteiger partial charge on any atom is -0.371 e. The molecule has 1 unspecified atom stereocenters. The van der Waals surface area contributed by atoms with Crippen molar-refractivity contribution in [2.45, 2.75) is 24.7 Å². The van der Waals surface area contributed by atoms with Crippen molar-refractivity contribution in [3.05, 3.63) is 22.7 Å². The van der Waals surface area contributed by atoms with E-state index < -0.39 is 9.73 Å². The molecule has 1 saturated heterocycles. The van der Waals surface area contributed by atoms with Gasteiger partial charge in [0.05, 0.1) is 15.4 Å². The van der Waals surface area contributed by atoms with Crippen LogP contribution in [0.15, 0.2) is 27.6 Å². The highest BCUT2D eigenvalue weighted by molar-refractivity contribution is 9.10. The summed E-state index contributed by atoms with van der Waals surface area (Å²) in [6, 6.07) is 5.65. The standard InChI is InChI=1S/C12H17BrN2OS/c1-2-17(14,16)10-5-6-12(11(13)9-10)15-7-3-4-8-15/h5-6,9,14H,2-4,7-8H2,1H3. The van der Waals surface area contributed by atoms with E-state index in [2.05, 4.69) is 20.8 Å². The Labute approximate surface area is 111 Å². The van der Waals surface area contributed by atoms with Crippen LogP contribution >= 0.6 is 15.9 Å². The minimum atomic E-state index is -2.61. The first-order valence-corrected chi connectivity index (χ1v) is 8.37. The Balaban J connectivity index is 2.35. The summed E-state index contributed by atoms with van der Waals surface area (Å²) in [7, 11) is -2.61. The molecular formula is C12H17BrN2OS. The average Bonchev–Trinajstić information content (AvgIpc) is 2.82. The first kappa shape index (κ1) is 12.9. The van der Waals surface area contributed by atoms with Crippen molar-refractivity contribution in [1.82, 2.24) is 0 Å². The second-order valence-corrected chi connectivity index (χ2v) is 7.52. The minimum absolute atomic E-state index is 0.364. The Kier molecular flexibility index (Phi) is 3.78. The van der Waals surface area contributed by atoms with Crippen molar-refractivity contribution in [1.29, 1.82) is 4.78 Å². The average molecular weight is 317 g/mol. The lowest BCUT2D eigenvalue weighted by Crippen LogP contribution is -2.18. The molecule has 0 saturated carbocycles. The van der Waals surface area contributed by atoms with E-state index in [-0.39, 0.29) is 0 Å². The van der Waals surface area contributed by atoms with Gasteiger partial charge in [0.1, 0.15) is 0 Å². The van der Waals surface area contributed by atoms with E-state index in [1.807, 2.05) is 18.2 Å². The van der Waals surface area contributed by atoms with Crippen molar-refractivity contribution in [2.24, 2.45) is 0 Å². The Morgan fingerprint density at radius 1 is 1.41 bits per heavy atom. The number of nitrogens with one attached hydrogen (secondary N) is 1. The number of benzene rings is 1. The number of hydrogen-bond donors (Lipinski definition) is 1. The van der Waals surface area contributed by atoms with Gasteiger partial charge < -0.3 is 4.90 Å². The summed E-state index contributed by atoms with van der Waals surface area (Å²) >= 11 is 3.53. The fourth-order valence-electron chi connectivity index (χ4n) is 2.07. The van der Waals surface area contributed by atoms with Gasteiger partial charge in [-0.15, -0.1) is 0 Å². The summed E-state index contributed by atoms with van der Waals surface area (Å²) < 4.78 is 20.7. The highest BCUT2D eigenvalue weighted by Crippen LogP contribution is 2.31. The van der Waals surface area contributed by atoms with Crippen LogP contribution in [-0.2, 0) is 9.73 Å². The zero-order valence-corrected chi connectivity index (χ0v) is 12.3. The third kappa shape index (κ3) is 2.65. The van der Waals surface area contributed by atoms with Crippen molar-refractivity contribution < 1.29 is 4.21 Å². The van der Waals surface area contributed by atoms with Crippen LogP contribution in [-0.4, -0.2) is 23.1 Å². The van der Waals surface area contributed by atoms with Gasteiger partial charge in [0.2, 0.25) is 0 Å². The van der Waals surface area contributed by atoms with Crippen LogP contribution in [0.5, 0.6) is 0 Å². The maximum Gasteiger partial charge on any atom is 0.0723 e. The molecule has 3 nitrogen and oxygen atoms in total. The third-order valence-corrected chi connectivity index (χ3v) is 5.62. The van der Waals surface area contributed by atoms with Crippen molar-refractivity contribution in [2.75, 3.05) is 23.7 Å². The monoisotopic (exact) mass is 316 g/mol. The normalized spacial score (nSPS) is 19.3. The summed E-state index contributed by atoms with van der Waals surface area (Å²) in [4.78, 5) is 2.95. The summed E-state index contributed by atoms with van der Waals surface area (Å²) in [6.07, 6.45) is 2.47. The summed E-state index contributed by atoms with van der Waals surface area (Å²) in [6.45, 7) is 3.96. The Hall–Kier alpha value is -0.550. The lowest BCUT2D eigenvalue weighted by molar-refractivity contribution is 0.675. The Bertz CT molecular complexity index is 507. The fourth-order valence-corrected chi connectivity index (χ4v) is 3.78. The second kappa shape index (κ2) is 4.98. The molecule has 0 aliphatic carbocycles. The van der Waals surface area contributed by atoms with Gasteiger partial charge in [0.15, 0.2) is 0 Å². The van der Waals surface area contributed by atoms with Crippen LogP contribution in [0, 0.1) is 4.78 Å². The van der Waals surface area contributed by atoms with Gasteiger partial charge in [-0.3, -0.25) is 0 Å². The van der Waals surface area contributed by atoms with E-state index in [9.17, 15) is 4.21 Å². The van der Waals surface area contributed by atoms with Gasteiger partial charge >= 0.3 is 0 Å². The molecule has 0 radical (unpaired) electrons. The molecule has 1 aliphatic rings. The molecule has 1 fully saturated rings. The summed E-state index contributed by atoms with van der Waals surface area (Å²) in [5, 5.41) is 0. The topological polar surface area (TPSA) is 44.2 Å². The van der Waals surface area contributed by atoms with Gasteiger partial charge in [-0.1, -0.05) is 6.92 Å². The molecule has 0 spiro atoms. The van der Waals surface area contributed by atoms with Gasteiger partial charge in [0, 0.05) is 28.2 Å². The molecule has 2 rings (SSSR count). The van der Waals surface area contributed by atoms with Gasteiger partial charge in [0.25, 0.3) is 0 Å². The number of hydrogen-bond acceptors (Lipinski definition) is 3. The highest BCUT2D eigenvalue weighted by atomic mass is 79.9. The summed E-state index contributed by atoms with van der Waals surface area (Å²) in [5.41, 5.74) is 1.15. The largest absolute Gasteiger partial charge is 0.371 e. The molecule has 1 heterocycles. The first-order valence-electron chi connectivity index (χ1n) is 5.85. The summed E-state index contributed by atoms with van der Waals surface area (Å²) in [5.74, 6) is 0.364. The molecule has 0 bridgehead atoms. The van der Waals surface area contributed by atoms with Crippen LogP contribution in [0.4, 0.5) is 5.69 Å². The number of rotatable bonds is 3. The molecule has 1 atom stereocenters. The molecule has 1 aromatic carbocycles. The molecule has 5 heteroatoms. The number of halogens is 1. The number of nitrogens with zero attached hydrogens (tertiary/aromatic N) is 1. The van der Waals surface area contributed by atoms with Crippen LogP contribution in [0.1, 0.15) is 19.8 Å². The lowest BCUT2D eigenvalue weighted by atomic mass is 10.3. The SMILES string of the molecule is CCS(=N)(=O)c1ccc(N2CCCC2)c(Br)c1. The predicted molar refractivity (Wildman–Crippen MR) is 75.3 cm³/mol. The molecular weight excluding hydrogens is 300 g/mol. The van der Waals surface area contributed by atoms with Crippen LogP contribution in [0.3, 0.4) is 0 Å². The van der Waals surface area contributed by atoms with E-state index >= 15 is 0 Å². The van der Waals surface area contributed by atoms with Crippen LogP contribution in [0.25, 0.3) is 0 Å². The van der Waals surface area contributed by atoms with Gasteiger partial charge in [-0.25, -0.2) is 8.99 Å². The smallest absolute Gasteiger partial charge is 0.0723 e. The first-order chi connectivity index (χ1) is 8.04. The van der Waals surface area contributed by atoms with E-state index in [1.54, 1.807) is 6.92 Å². The molecule has 1 N–H and O–H groups in total. The highest BCUT2D eigenvalue weighted by Gasteiger charge is 2.16. The Morgan fingerprint density at radius 2 is 2.06 bits per heavy atom. The molecule has 0 aromatic heterocycles. The quantitative estimate of drug-likeness (QED) is 0.927. The zero-order valence-electron chi connectivity index (χ0n) is 9.91. The molecule has 1 aromatic rings. The van der Waals surface area contributed by atoms with E-state index in [0.29, 0.717) is 10.6 Å². The zero-order chi connectivity index (χ0) is 12.5. The predicted octanol–water partition coefficient (Wildman–Crippen LogP) is 3.47. The second-order valence-electron chi connectivity index (χ2n) is 4.27. The molecule has 94 valence electrons. The van der Waals surface area contributed by atoms with E-state index in [1.165, 1.54) is 12.8 Å². The van der Waals surface area contributed by atoms with Crippen molar-refractivity contribution >= 4 is 31.3 Å². The number of anilines is 1. The fraction of sp³-hybridized carbons (Fsp3) is 0.500.